The highest BCUT2D eigenvalue weighted by Gasteiger charge is 2.20. The average Bonchev–Trinajstić information content (AvgIpc) is 2.39. The van der Waals surface area contributed by atoms with Gasteiger partial charge in [0, 0.05) is 29.4 Å². The van der Waals surface area contributed by atoms with Crippen LogP contribution in [0.5, 0.6) is 0 Å². The molecule has 17 heavy (non-hydrogen) atoms. The molecule has 94 valence electrons. The molecule has 2 nitrogen and oxygen atoms in total. The summed E-state index contributed by atoms with van der Waals surface area (Å²) >= 11 is 6.05. The van der Waals surface area contributed by atoms with Gasteiger partial charge in [-0.05, 0) is 30.9 Å². The standard InChI is InChI=1S/C14H20ClNO/c1-2-11-4-3-7-16(9-11)14-8-13(15)6-5-12(14)10-17/h5-6,8,11,17H,2-4,7,9-10H2,1H3. The Morgan fingerprint density at radius 1 is 1.47 bits per heavy atom. The van der Waals surface area contributed by atoms with E-state index in [1.54, 1.807) is 0 Å². The van der Waals surface area contributed by atoms with Crippen molar-refractivity contribution in [1.82, 2.24) is 0 Å². The van der Waals surface area contributed by atoms with E-state index < -0.39 is 0 Å². The Labute approximate surface area is 108 Å². The van der Waals surface area contributed by atoms with E-state index in [4.69, 9.17) is 11.6 Å². The number of rotatable bonds is 3. The van der Waals surface area contributed by atoms with Crippen molar-refractivity contribution in [3.63, 3.8) is 0 Å². The lowest BCUT2D eigenvalue weighted by Crippen LogP contribution is -2.35. The molecule has 1 heterocycles. The minimum Gasteiger partial charge on any atom is -0.392 e. The third kappa shape index (κ3) is 2.93. The largest absolute Gasteiger partial charge is 0.392 e. The molecular weight excluding hydrogens is 234 g/mol. The summed E-state index contributed by atoms with van der Waals surface area (Å²) in [4.78, 5) is 2.37. The van der Waals surface area contributed by atoms with Crippen LogP contribution < -0.4 is 4.90 Å². The highest BCUT2D eigenvalue weighted by atomic mass is 35.5. The van der Waals surface area contributed by atoms with E-state index >= 15 is 0 Å². The van der Waals surface area contributed by atoms with Crippen molar-refractivity contribution >= 4 is 17.3 Å². The summed E-state index contributed by atoms with van der Waals surface area (Å²) in [5, 5.41) is 10.1. The fourth-order valence-corrected chi connectivity index (χ4v) is 2.75. The maximum atomic E-state index is 9.39. The molecule has 0 aliphatic carbocycles. The zero-order valence-corrected chi connectivity index (χ0v) is 11.1. The molecule has 1 saturated heterocycles. The van der Waals surface area contributed by atoms with Crippen LogP contribution in [0, 0.1) is 5.92 Å². The van der Waals surface area contributed by atoms with E-state index in [0.29, 0.717) is 0 Å². The summed E-state index contributed by atoms with van der Waals surface area (Å²) in [5.74, 6) is 0.772. The zero-order chi connectivity index (χ0) is 12.3. The Morgan fingerprint density at radius 2 is 2.29 bits per heavy atom. The minimum atomic E-state index is 0.0831. The van der Waals surface area contributed by atoms with Crippen LogP contribution in [0.4, 0.5) is 5.69 Å². The number of benzene rings is 1. The van der Waals surface area contributed by atoms with Gasteiger partial charge in [-0.1, -0.05) is 31.0 Å². The topological polar surface area (TPSA) is 23.5 Å². The summed E-state index contributed by atoms with van der Waals surface area (Å²) in [7, 11) is 0. The summed E-state index contributed by atoms with van der Waals surface area (Å²) in [6.07, 6.45) is 3.78. The van der Waals surface area contributed by atoms with Crippen LogP contribution in [0.1, 0.15) is 31.7 Å². The summed E-state index contributed by atoms with van der Waals surface area (Å²) in [5.41, 5.74) is 2.09. The van der Waals surface area contributed by atoms with Gasteiger partial charge in [-0.2, -0.15) is 0 Å². The molecule has 0 aromatic heterocycles. The lowest BCUT2D eigenvalue weighted by molar-refractivity contribution is 0.281. The molecule has 2 rings (SSSR count). The monoisotopic (exact) mass is 253 g/mol. The van der Waals surface area contributed by atoms with Gasteiger partial charge in [-0.25, -0.2) is 0 Å². The normalized spacial score (nSPS) is 20.6. The predicted octanol–water partition coefficient (Wildman–Crippen LogP) is 3.46. The van der Waals surface area contributed by atoms with Gasteiger partial charge < -0.3 is 10.0 Å². The second-order valence-electron chi connectivity index (χ2n) is 4.79. The molecular formula is C14H20ClNO. The van der Waals surface area contributed by atoms with E-state index in [1.807, 2.05) is 18.2 Å². The molecule has 0 spiro atoms. The first-order valence-corrected chi connectivity index (χ1v) is 6.76. The van der Waals surface area contributed by atoms with Crippen LogP contribution in [0.15, 0.2) is 18.2 Å². The fraction of sp³-hybridized carbons (Fsp3) is 0.571. The van der Waals surface area contributed by atoms with Gasteiger partial charge in [0.2, 0.25) is 0 Å². The third-order valence-corrected chi connectivity index (χ3v) is 3.89. The molecule has 1 unspecified atom stereocenters. The van der Waals surface area contributed by atoms with Crippen LogP contribution in [-0.4, -0.2) is 18.2 Å². The van der Waals surface area contributed by atoms with Gasteiger partial charge >= 0.3 is 0 Å². The van der Waals surface area contributed by atoms with Crippen molar-refractivity contribution in [2.24, 2.45) is 5.92 Å². The second kappa shape index (κ2) is 5.74. The summed E-state index contributed by atoms with van der Waals surface area (Å²) in [6.45, 7) is 4.49. The molecule has 3 heteroatoms. The third-order valence-electron chi connectivity index (χ3n) is 3.65. The first kappa shape index (κ1) is 12.7. The van der Waals surface area contributed by atoms with Gasteiger partial charge in [0.15, 0.2) is 0 Å². The predicted molar refractivity (Wildman–Crippen MR) is 72.6 cm³/mol. The smallest absolute Gasteiger partial charge is 0.0702 e. The van der Waals surface area contributed by atoms with Crippen molar-refractivity contribution < 1.29 is 5.11 Å². The second-order valence-corrected chi connectivity index (χ2v) is 5.23. The molecule has 0 saturated carbocycles. The van der Waals surface area contributed by atoms with Crippen LogP contribution >= 0.6 is 11.6 Å². The number of hydrogen-bond acceptors (Lipinski definition) is 2. The first-order chi connectivity index (χ1) is 8.24. The number of aliphatic hydroxyl groups excluding tert-OH is 1. The number of aliphatic hydroxyl groups is 1. The van der Waals surface area contributed by atoms with Gasteiger partial charge in [-0.15, -0.1) is 0 Å². The molecule has 1 aliphatic rings. The van der Waals surface area contributed by atoms with Crippen LogP contribution in [0.2, 0.25) is 5.02 Å². The maximum Gasteiger partial charge on any atom is 0.0702 e. The lowest BCUT2D eigenvalue weighted by atomic mass is 9.95. The molecule has 1 atom stereocenters. The number of anilines is 1. The quantitative estimate of drug-likeness (QED) is 0.892. The number of hydrogen-bond donors (Lipinski definition) is 1. The Hall–Kier alpha value is -0.730. The van der Waals surface area contributed by atoms with E-state index in [2.05, 4.69) is 11.8 Å². The van der Waals surface area contributed by atoms with Gasteiger partial charge in [0.1, 0.15) is 0 Å². The molecule has 1 aromatic rings. The number of nitrogens with zero attached hydrogens (tertiary/aromatic N) is 1. The SMILES string of the molecule is CCC1CCCN(c2cc(Cl)ccc2CO)C1. The molecule has 1 N–H and O–H groups in total. The van der Waals surface area contributed by atoms with Crippen LogP contribution in [0.25, 0.3) is 0 Å². The van der Waals surface area contributed by atoms with E-state index in [9.17, 15) is 5.11 Å². The number of halogens is 1. The first-order valence-electron chi connectivity index (χ1n) is 6.38. The van der Waals surface area contributed by atoms with E-state index in [0.717, 1.165) is 35.3 Å². The fourth-order valence-electron chi connectivity index (χ4n) is 2.58. The Balaban J connectivity index is 2.22. The molecule has 1 aliphatic heterocycles. The molecule has 0 bridgehead atoms. The van der Waals surface area contributed by atoms with Gasteiger partial charge in [0.25, 0.3) is 0 Å². The summed E-state index contributed by atoms with van der Waals surface area (Å²) in [6, 6.07) is 5.75. The van der Waals surface area contributed by atoms with Crippen LogP contribution in [0.3, 0.4) is 0 Å². The average molecular weight is 254 g/mol. The lowest BCUT2D eigenvalue weighted by Gasteiger charge is -2.35. The van der Waals surface area contributed by atoms with Crippen molar-refractivity contribution in [1.29, 1.82) is 0 Å². The molecule has 0 radical (unpaired) electrons. The summed E-state index contributed by atoms with van der Waals surface area (Å²) < 4.78 is 0. The van der Waals surface area contributed by atoms with Crippen molar-refractivity contribution in [3.05, 3.63) is 28.8 Å². The Morgan fingerprint density at radius 3 is 3.00 bits per heavy atom. The highest BCUT2D eigenvalue weighted by molar-refractivity contribution is 6.30. The van der Waals surface area contributed by atoms with Gasteiger partial charge in [0.05, 0.1) is 6.61 Å². The highest BCUT2D eigenvalue weighted by Crippen LogP contribution is 2.30. The number of piperidine rings is 1. The minimum absolute atomic E-state index is 0.0831. The zero-order valence-electron chi connectivity index (χ0n) is 10.3. The molecule has 0 amide bonds. The van der Waals surface area contributed by atoms with Crippen molar-refractivity contribution in [2.75, 3.05) is 18.0 Å². The van der Waals surface area contributed by atoms with Crippen molar-refractivity contribution in [3.8, 4) is 0 Å². The Bertz CT molecular complexity index is 380. The van der Waals surface area contributed by atoms with Gasteiger partial charge in [-0.3, -0.25) is 0 Å². The Kier molecular flexibility index (Phi) is 4.30. The van der Waals surface area contributed by atoms with E-state index in [-0.39, 0.29) is 6.61 Å². The van der Waals surface area contributed by atoms with Crippen LogP contribution in [-0.2, 0) is 6.61 Å². The van der Waals surface area contributed by atoms with E-state index in [1.165, 1.54) is 19.3 Å². The molecule has 1 aromatic carbocycles. The molecule has 1 fully saturated rings. The maximum absolute atomic E-state index is 9.39. The van der Waals surface area contributed by atoms with Crippen molar-refractivity contribution in [2.45, 2.75) is 32.8 Å².